The molecule has 0 aliphatic carbocycles. The molecule has 1 aliphatic heterocycles. The maximum Gasteiger partial charge on any atom is 0.0646 e. The van der Waals surface area contributed by atoms with Gasteiger partial charge in [0, 0.05) is 38.3 Å². The van der Waals surface area contributed by atoms with Crippen LogP contribution in [0.3, 0.4) is 0 Å². The van der Waals surface area contributed by atoms with Crippen LogP contribution in [0.15, 0.2) is 0 Å². The third-order valence-corrected chi connectivity index (χ3v) is 3.95. The highest BCUT2D eigenvalue weighted by molar-refractivity contribution is 4.80. The normalized spacial score (nSPS) is 19.8. The van der Waals surface area contributed by atoms with Crippen molar-refractivity contribution in [3.05, 3.63) is 0 Å². The fraction of sp³-hybridized carbons (Fsp3) is 1.00. The highest BCUT2D eigenvalue weighted by Gasteiger charge is 2.20. The number of likely N-dealkylation sites (N-methyl/N-ethyl adjacent to an activating group) is 1. The topological polar surface area (TPSA) is 41.7 Å². The molecule has 1 saturated heterocycles. The van der Waals surface area contributed by atoms with Crippen LogP contribution in [0, 0.1) is 0 Å². The van der Waals surface area contributed by atoms with Gasteiger partial charge >= 0.3 is 0 Å². The van der Waals surface area contributed by atoms with Crippen molar-refractivity contribution in [2.45, 2.75) is 32.2 Å². The van der Waals surface area contributed by atoms with E-state index in [2.05, 4.69) is 30.7 Å². The summed E-state index contributed by atoms with van der Waals surface area (Å²) < 4.78 is 5.73. The van der Waals surface area contributed by atoms with Crippen molar-refractivity contribution >= 4 is 0 Å². The quantitative estimate of drug-likeness (QED) is 0.671. The van der Waals surface area contributed by atoms with E-state index in [0.29, 0.717) is 6.61 Å². The van der Waals surface area contributed by atoms with Gasteiger partial charge in [0.25, 0.3) is 0 Å². The lowest BCUT2D eigenvalue weighted by Gasteiger charge is -2.32. The monoisotopic (exact) mass is 243 g/mol. The van der Waals surface area contributed by atoms with E-state index in [1.54, 1.807) is 0 Å². The molecule has 0 atom stereocenters. The van der Waals surface area contributed by atoms with E-state index in [0.717, 1.165) is 39.1 Å². The van der Waals surface area contributed by atoms with Crippen LogP contribution in [0.2, 0.25) is 0 Å². The largest absolute Gasteiger partial charge is 0.378 e. The molecule has 0 amide bonds. The zero-order chi connectivity index (χ0) is 12.7. The number of nitrogens with two attached hydrogens (primary N) is 1. The second-order valence-corrected chi connectivity index (χ2v) is 5.27. The maximum atomic E-state index is 6.19. The van der Waals surface area contributed by atoms with Gasteiger partial charge in [-0.2, -0.15) is 0 Å². The molecule has 1 aliphatic rings. The van der Waals surface area contributed by atoms with Crippen LogP contribution in [0.1, 0.15) is 26.7 Å². The summed E-state index contributed by atoms with van der Waals surface area (Å²) in [7, 11) is 2.18. The Balaban J connectivity index is 2.08. The zero-order valence-corrected chi connectivity index (χ0v) is 11.7. The molecule has 17 heavy (non-hydrogen) atoms. The Bertz CT molecular complexity index is 199. The molecule has 102 valence electrons. The summed E-state index contributed by atoms with van der Waals surface area (Å²) in [5, 5.41) is 0. The fourth-order valence-electron chi connectivity index (χ4n) is 1.99. The number of piperazine rings is 1. The van der Waals surface area contributed by atoms with Crippen molar-refractivity contribution in [3.8, 4) is 0 Å². The minimum Gasteiger partial charge on any atom is -0.378 e. The summed E-state index contributed by atoms with van der Waals surface area (Å²) in [6.45, 7) is 11.5. The Hall–Kier alpha value is -0.160. The van der Waals surface area contributed by atoms with Crippen molar-refractivity contribution in [2.75, 3.05) is 53.0 Å². The molecule has 4 nitrogen and oxygen atoms in total. The Labute approximate surface area is 106 Å². The molecule has 1 heterocycles. The summed E-state index contributed by atoms with van der Waals surface area (Å²) in [5.41, 5.74) is 6.07. The molecule has 0 saturated carbocycles. The SMILES string of the molecule is CCC(N)(CC)COCCN1CCN(C)CC1. The minimum absolute atomic E-state index is 0.123. The third kappa shape index (κ3) is 5.34. The van der Waals surface area contributed by atoms with E-state index >= 15 is 0 Å². The van der Waals surface area contributed by atoms with Crippen molar-refractivity contribution < 1.29 is 4.74 Å². The lowest BCUT2D eigenvalue weighted by Crippen LogP contribution is -2.46. The molecule has 4 heteroatoms. The van der Waals surface area contributed by atoms with Gasteiger partial charge in [-0.05, 0) is 19.9 Å². The zero-order valence-electron chi connectivity index (χ0n) is 11.7. The molecule has 0 unspecified atom stereocenters. The van der Waals surface area contributed by atoms with Crippen molar-refractivity contribution in [1.29, 1.82) is 0 Å². The van der Waals surface area contributed by atoms with Gasteiger partial charge in [0.1, 0.15) is 0 Å². The van der Waals surface area contributed by atoms with Crippen LogP contribution < -0.4 is 5.73 Å². The van der Waals surface area contributed by atoms with Crippen LogP contribution >= 0.6 is 0 Å². The van der Waals surface area contributed by atoms with Crippen molar-refractivity contribution in [2.24, 2.45) is 5.73 Å². The average molecular weight is 243 g/mol. The Morgan fingerprint density at radius 1 is 1.12 bits per heavy atom. The van der Waals surface area contributed by atoms with Crippen LogP contribution in [0.4, 0.5) is 0 Å². The standard InChI is InChI=1S/C13H29N3O/c1-4-13(14,5-2)12-17-11-10-16-8-6-15(3)7-9-16/h4-12,14H2,1-3H3. The molecule has 0 aromatic rings. The van der Waals surface area contributed by atoms with E-state index in [1.165, 1.54) is 13.1 Å². The van der Waals surface area contributed by atoms with Crippen LogP contribution in [0.25, 0.3) is 0 Å². The van der Waals surface area contributed by atoms with Crippen molar-refractivity contribution in [1.82, 2.24) is 9.80 Å². The molecular weight excluding hydrogens is 214 g/mol. The van der Waals surface area contributed by atoms with Crippen LogP contribution in [-0.4, -0.2) is 68.3 Å². The van der Waals surface area contributed by atoms with E-state index in [1.807, 2.05) is 0 Å². The molecular formula is C13H29N3O. The predicted octanol–water partition coefficient (Wildman–Crippen LogP) is 0.768. The van der Waals surface area contributed by atoms with Gasteiger partial charge in [-0.3, -0.25) is 4.90 Å². The fourth-order valence-corrected chi connectivity index (χ4v) is 1.99. The summed E-state index contributed by atoms with van der Waals surface area (Å²) in [4.78, 5) is 4.84. The van der Waals surface area contributed by atoms with Crippen molar-refractivity contribution in [3.63, 3.8) is 0 Å². The van der Waals surface area contributed by atoms with E-state index < -0.39 is 0 Å². The predicted molar refractivity (Wildman–Crippen MR) is 72.3 cm³/mol. The van der Waals surface area contributed by atoms with Gasteiger partial charge in [-0.1, -0.05) is 13.8 Å². The van der Waals surface area contributed by atoms with Crippen LogP contribution in [0.5, 0.6) is 0 Å². The first kappa shape index (κ1) is 14.9. The van der Waals surface area contributed by atoms with Gasteiger partial charge in [-0.25, -0.2) is 0 Å². The summed E-state index contributed by atoms with van der Waals surface area (Å²) >= 11 is 0. The lowest BCUT2D eigenvalue weighted by molar-refractivity contribution is 0.0523. The number of rotatable bonds is 7. The van der Waals surface area contributed by atoms with E-state index in [4.69, 9.17) is 10.5 Å². The second kappa shape index (κ2) is 7.31. The first-order chi connectivity index (χ1) is 8.09. The third-order valence-electron chi connectivity index (χ3n) is 3.95. The molecule has 1 rings (SSSR count). The molecule has 0 aromatic carbocycles. The molecule has 0 spiro atoms. The maximum absolute atomic E-state index is 6.19. The molecule has 0 bridgehead atoms. The molecule has 0 aromatic heterocycles. The number of nitrogens with zero attached hydrogens (tertiary/aromatic N) is 2. The van der Waals surface area contributed by atoms with Gasteiger partial charge in [0.05, 0.1) is 13.2 Å². The highest BCUT2D eigenvalue weighted by Crippen LogP contribution is 2.11. The van der Waals surface area contributed by atoms with E-state index in [9.17, 15) is 0 Å². The van der Waals surface area contributed by atoms with E-state index in [-0.39, 0.29) is 5.54 Å². The highest BCUT2D eigenvalue weighted by atomic mass is 16.5. The van der Waals surface area contributed by atoms with Gasteiger partial charge in [0.2, 0.25) is 0 Å². The van der Waals surface area contributed by atoms with Gasteiger partial charge < -0.3 is 15.4 Å². The second-order valence-electron chi connectivity index (χ2n) is 5.27. The van der Waals surface area contributed by atoms with Crippen LogP contribution in [-0.2, 0) is 4.74 Å². The first-order valence-electron chi connectivity index (χ1n) is 6.87. The summed E-state index contributed by atoms with van der Waals surface area (Å²) in [5.74, 6) is 0. The number of hydrogen-bond donors (Lipinski definition) is 1. The lowest BCUT2D eigenvalue weighted by atomic mass is 9.96. The molecule has 0 radical (unpaired) electrons. The first-order valence-corrected chi connectivity index (χ1v) is 6.87. The van der Waals surface area contributed by atoms with Gasteiger partial charge in [0.15, 0.2) is 0 Å². The average Bonchev–Trinajstić information content (AvgIpc) is 2.36. The summed E-state index contributed by atoms with van der Waals surface area (Å²) in [6.07, 6.45) is 1.97. The molecule has 2 N–H and O–H groups in total. The Morgan fingerprint density at radius 3 is 2.24 bits per heavy atom. The minimum atomic E-state index is -0.123. The Morgan fingerprint density at radius 2 is 1.71 bits per heavy atom. The van der Waals surface area contributed by atoms with Gasteiger partial charge in [-0.15, -0.1) is 0 Å². The summed E-state index contributed by atoms with van der Waals surface area (Å²) in [6, 6.07) is 0. The Kier molecular flexibility index (Phi) is 6.41. The number of hydrogen-bond acceptors (Lipinski definition) is 4. The smallest absolute Gasteiger partial charge is 0.0646 e. The molecule has 1 fully saturated rings. The number of ether oxygens (including phenoxy) is 1.